The van der Waals surface area contributed by atoms with Crippen LogP contribution in [0.25, 0.3) is 0 Å². The van der Waals surface area contributed by atoms with Crippen molar-refractivity contribution < 1.29 is 29.2 Å². The van der Waals surface area contributed by atoms with Crippen LogP contribution in [-0.2, 0) is 18.9 Å². The van der Waals surface area contributed by atoms with Gasteiger partial charge in [0.2, 0.25) is 0 Å². The van der Waals surface area contributed by atoms with Crippen LogP contribution in [0.3, 0.4) is 0 Å². The maximum absolute atomic E-state index is 10.1. The molecular formula is C10H22BaO6. The van der Waals surface area contributed by atoms with Crippen LogP contribution in [0.5, 0.6) is 0 Å². The van der Waals surface area contributed by atoms with Gasteiger partial charge in [-0.1, -0.05) is 13.8 Å². The molecule has 0 saturated heterocycles. The standard InChI is InChI=1S/2C5H11O3.Ba/c2*1-5(6)8-4-3-7-2;/h2*5H,3-4H2,1-2H3;/q2*-1;+2. The maximum atomic E-state index is 10.1. The van der Waals surface area contributed by atoms with E-state index in [-0.39, 0.29) is 48.9 Å². The predicted octanol–water partition coefficient (Wildman–Crippen LogP) is -1.67. The third-order valence-corrected chi connectivity index (χ3v) is 1.28. The van der Waals surface area contributed by atoms with E-state index in [1.54, 1.807) is 14.2 Å². The Morgan fingerprint density at radius 1 is 0.765 bits per heavy atom. The number of ether oxygens (including phenoxy) is 4. The van der Waals surface area contributed by atoms with Crippen LogP contribution < -0.4 is 10.2 Å². The van der Waals surface area contributed by atoms with Crippen molar-refractivity contribution in [3.8, 4) is 0 Å². The van der Waals surface area contributed by atoms with Gasteiger partial charge in [0, 0.05) is 14.2 Å². The van der Waals surface area contributed by atoms with E-state index in [0.29, 0.717) is 26.4 Å². The molecule has 0 bridgehead atoms. The van der Waals surface area contributed by atoms with Crippen molar-refractivity contribution in [3.05, 3.63) is 0 Å². The topological polar surface area (TPSA) is 83.0 Å². The number of rotatable bonds is 8. The molecule has 100 valence electrons. The fourth-order valence-corrected chi connectivity index (χ4v) is 0.595. The van der Waals surface area contributed by atoms with Gasteiger partial charge in [0.15, 0.2) is 0 Å². The first-order valence-corrected chi connectivity index (χ1v) is 5.07. The zero-order chi connectivity index (χ0) is 12.8. The normalized spacial score (nSPS) is 13.1. The van der Waals surface area contributed by atoms with E-state index in [0.717, 1.165) is 0 Å². The Balaban J connectivity index is -0.000000218. The minimum absolute atomic E-state index is 0. The average molecular weight is 376 g/mol. The molecule has 0 radical (unpaired) electrons. The Bertz CT molecular complexity index is 109. The summed E-state index contributed by atoms with van der Waals surface area (Å²) in [6.45, 7) is 4.67. The molecular weight excluding hydrogens is 353 g/mol. The van der Waals surface area contributed by atoms with Crippen molar-refractivity contribution in [2.45, 2.75) is 26.4 Å². The van der Waals surface area contributed by atoms with Crippen LogP contribution in [0, 0.1) is 0 Å². The van der Waals surface area contributed by atoms with Crippen LogP contribution in [0.4, 0.5) is 0 Å². The Labute approximate surface area is 144 Å². The number of hydrogen-bond donors (Lipinski definition) is 0. The minimum Gasteiger partial charge on any atom is -0.831 e. The summed E-state index contributed by atoms with van der Waals surface area (Å²) in [4.78, 5) is 0. The van der Waals surface area contributed by atoms with Crippen molar-refractivity contribution in [3.63, 3.8) is 0 Å². The zero-order valence-electron chi connectivity index (χ0n) is 11.1. The Kier molecular flexibility index (Phi) is 27.1. The maximum Gasteiger partial charge on any atom is 2.00 e. The first-order chi connectivity index (χ1) is 7.54. The molecule has 0 aliphatic rings. The Morgan fingerprint density at radius 3 is 1.24 bits per heavy atom. The molecule has 0 spiro atoms. The molecule has 0 saturated carbocycles. The summed E-state index contributed by atoms with van der Waals surface area (Å²) in [7, 11) is 3.14. The van der Waals surface area contributed by atoms with Gasteiger partial charge < -0.3 is 29.2 Å². The molecule has 0 aromatic rings. The summed E-state index contributed by atoms with van der Waals surface area (Å²) in [6, 6.07) is 0. The summed E-state index contributed by atoms with van der Waals surface area (Å²) in [5.41, 5.74) is 0. The first-order valence-electron chi connectivity index (χ1n) is 5.07. The van der Waals surface area contributed by atoms with E-state index in [1.165, 1.54) is 13.8 Å². The minimum atomic E-state index is -0.926. The smallest absolute Gasteiger partial charge is 0.831 e. The average Bonchev–Trinajstić information content (AvgIpc) is 2.18. The van der Waals surface area contributed by atoms with Crippen molar-refractivity contribution in [2.75, 3.05) is 40.6 Å². The summed E-state index contributed by atoms with van der Waals surface area (Å²) >= 11 is 0. The van der Waals surface area contributed by atoms with E-state index in [9.17, 15) is 10.2 Å². The van der Waals surface area contributed by atoms with Crippen molar-refractivity contribution in [2.24, 2.45) is 0 Å². The molecule has 0 heterocycles. The van der Waals surface area contributed by atoms with Crippen LogP contribution in [0.1, 0.15) is 13.8 Å². The molecule has 0 aromatic heterocycles. The summed E-state index contributed by atoms with van der Waals surface area (Å²) < 4.78 is 18.5. The molecule has 0 rings (SSSR count). The Hall–Kier alpha value is 1.33. The Morgan fingerprint density at radius 2 is 1.06 bits per heavy atom. The molecule has 0 aliphatic heterocycles. The number of hydrogen-bond acceptors (Lipinski definition) is 6. The first kappa shape index (κ1) is 23.4. The van der Waals surface area contributed by atoms with E-state index >= 15 is 0 Å². The third kappa shape index (κ3) is 31.7. The largest absolute Gasteiger partial charge is 2.00 e. The zero-order valence-corrected chi connectivity index (χ0v) is 15.6. The molecule has 6 nitrogen and oxygen atoms in total. The van der Waals surface area contributed by atoms with Crippen molar-refractivity contribution in [1.29, 1.82) is 0 Å². The van der Waals surface area contributed by atoms with Gasteiger partial charge in [-0.25, -0.2) is 0 Å². The SMILES string of the molecule is COCCOC(C)[O-].COCCOC(C)[O-].[Ba+2]. The van der Waals surface area contributed by atoms with Gasteiger partial charge in [-0.05, 0) is 12.6 Å². The summed E-state index contributed by atoms with van der Waals surface area (Å²) in [6.07, 6.45) is -1.85. The van der Waals surface area contributed by atoms with Crippen molar-refractivity contribution in [1.82, 2.24) is 0 Å². The van der Waals surface area contributed by atoms with Gasteiger partial charge in [0.1, 0.15) is 0 Å². The van der Waals surface area contributed by atoms with Gasteiger partial charge in [0.05, 0.1) is 26.4 Å². The van der Waals surface area contributed by atoms with E-state index in [4.69, 9.17) is 0 Å². The molecule has 0 fully saturated rings. The van der Waals surface area contributed by atoms with E-state index in [1.807, 2.05) is 0 Å². The van der Waals surface area contributed by atoms with Crippen LogP contribution in [0.2, 0.25) is 0 Å². The molecule has 0 amide bonds. The van der Waals surface area contributed by atoms with Gasteiger partial charge in [-0.3, -0.25) is 0 Å². The second-order valence-corrected chi connectivity index (χ2v) is 2.86. The second-order valence-electron chi connectivity index (χ2n) is 2.86. The van der Waals surface area contributed by atoms with Crippen LogP contribution in [-0.4, -0.2) is 102 Å². The van der Waals surface area contributed by atoms with E-state index < -0.39 is 12.6 Å². The van der Waals surface area contributed by atoms with Gasteiger partial charge in [0.25, 0.3) is 0 Å². The quantitative estimate of drug-likeness (QED) is 0.287. The third-order valence-electron chi connectivity index (χ3n) is 1.28. The molecule has 17 heavy (non-hydrogen) atoms. The molecule has 2 atom stereocenters. The van der Waals surface area contributed by atoms with Crippen LogP contribution in [0.15, 0.2) is 0 Å². The van der Waals surface area contributed by atoms with Gasteiger partial charge >= 0.3 is 48.9 Å². The number of methoxy groups -OCH3 is 2. The molecule has 7 heteroatoms. The summed E-state index contributed by atoms with van der Waals surface area (Å²) in [5.74, 6) is 0. The second kappa shape index (κ2) is 19.7. The predicted molar refractivity (Wildman–Crippen MR) is 60.3 cm³/mol. The van der Waals surface area contributed by atoms with Crippen molar-refractivity contribution >= 4 is 48.9 Å². The molecule has 0 aliphatic carbocycles. The van der Waals surface area contributed by atoms with Crippen LogP contribution >= 0.6 is 0 Å². The fraction of sp³-hybridized carbons (Fsp3) is 1.00. The monoisotopic (exact) mass is 376 g/mol. The molecule has 0 N–H and O–H groups in total. The fourth-order valence-electron chi connectivity index (χ4n) is 0.595. The molecule has 0 aromatic carbocycles. The van der Waals surface area contributed by atoms with Gasteiger partial charge in [-0.15, -0.1) is 0 Å². The molecule has 2 unspecified atom stereocenters. The van der Waals surface area contributed by atoms with Gasteiger partial charge in [-0.2, -0.15) is 0 Å². The van der Waals surface area contributed by atoms with E-state index in [2.05, 4.69) is 18.9 Å². The summed E-state index contributed by atoms with van der Waals surface area (Å²) in [5, 5.41) is 20.2.